The second kappa shape index (κ2) is 4.52. The van der Waals surface area contributed by atoms with Gasteiger partial charge in [-0.25, -0.2) is 4.79 Å². The maximum absolute atomic E-state index is 11.5. The van der Waals surface area contributed by atoms with E-state index in [1.54, 1.807) is 22.9 Å². The summed E-state index contributed by atoms with van der Waals surface area (Å²) < 4.78 is 7.44. The Morgan fingerprint density at radius 1 is 1.35 bits per heavy atom. The van der Waals surface area contributed by atoms with Crippen molar-refractivity contribution in [2.24, 2.45) is 0 Å². The van der Waals surface area contributed by atoms with Crippen molar-refractivity contribution in [2.45, 2.75) is 20.4 Å². The fourth-order valence-corrected chi connectivity index (χ4v) is 2.41. The molecule has 1 N–H and O–H groups in total. The summed E-state index contributed by atoms with van der Waals surface area (Å²) in [4.78, 5) is 11.5. The van der Waals surface area contributed by atoms with Crippen LogP contribution in [-0.4, -0.2) is 20.9 Å². The Kier molecular flexibility index (Phi) is 2.82. The number of rotatable bonds is 3. The molecule has 0 aliphatic heterocycles. The Bertz CT molecular complexity index is 799. The van der Waals surface area contributed by atoms with Gasteiger partial charge < -0.3 is 9.52 Å². The van der Waals surface area contributed by atoms with Crippen molar-refractivity contribution in [2.75, 3.05) is 0 Å². The zero-order chi connectivity index (χ0) is 14.3. The normalized spacial score (nSPS) is 11.1. The third-order valence-corrected chi connectivity index (χ3v) is 3.28. The molecule has 0 saturated heterocycles. The molecule has 5 heteroatoms. The number of fused-ring (bicyclic) bond motifs is 1. The molecule has 0 radical (unpaired) electrons. The van der Waals surface area contributed by atoms with Crippen molar-refractivity contribution in [3.8, 4) is 0 Å². The number of carboxylic acid groups (broad SMARTS) is 1. The smallest absolute Gasteiger partial charge is 0.339 e. The Hall–Kier alpha value is -2.56. The molecule has 0 bridgehead atoms. The van der Waals surface area contributed by atoms with Crippen LogP contribution in [0.2, 0.25) is 0 Å². The average molecular weight is 270 g/mol. The second-order valence-corrected chi connectivity index (χ2v) is 4.79. The predicted octanol–water partition coefficient (Wildman–Crippen LogP) is 2.99. The molecule has 0 aliphatic carbocycles. The minimum atomic E-state index is -0.980. The first kappa shape index (κ1) is 12.5. The zero-order valence-corrected chi connectivity index (χ0v) is 11.3. The third-order valence-electron chi connectivity index (χ3n) is 3.28. The lowest BCUT2D eigenvalue weighted by atomic mass is 10.1. The first-order valence-electron chi connectivity index (χ1n) is 6.31. The summed E-state index contributed by atoms with van der Waals surface area (Å²) in [5.41, 5.74) is 2.67. The Labute approximate surface area is 115 Å². The first-order chi connectivity index (χ1) is 9.56. The second-order valence-electron chi connectivity index (χ2n) is 4.79. The maximum Gasteiger partial charge on any atom is 0.339 e. The molecule has 3 rings (SSSR count). The number of benzene rings is 1. The molecular weight excluding hydrogens is 256 g/mol. The van der Waals surface area contributed by atoms with E-state index in [0.29, 0.717) is 23.3 Å². The largest absolute Gasteiger partial charge is 0.478 e. The molecule has 2 heterocycles. The number of carbonyl (C=O) groups is 1. The summed E-state index contributed by atoms with van der Waals surface area (Å²) in [6, 6.07) is 9.10. The summed E-state index contributed by atoms with van der Waals surface area (Å²) >= 11 is 0. The molecule has 3 aromatic rings. The van der Waals surface area contributed by atoms with Crippen LogP contribution in [0.1, 0.15) is 27.5 Å². The maximum atomic E-state index is 11.5. The van der Waals surface area contributed by atoms with Gasteiger partial charge in [-0.1, -0.05) is 18.2 Å². The quantitative estimate of drug-likeness (QED) is 0.794. The molecular formula is C15H14N2O3. The molecule has 1 aromatic carbocycles. The number of carboxylic acids is 1. The van der Waals surface area contributed by atoms with E-state index in [-0.39, 0.29) is 5.56 Å². The van der Waals surface area contributed by atoms with Crippen LogP contribution >= 0.6 is 0 Å². The highest BCUT2D eigenvalue weighted by Gasteiger charge is 2.20. The van der Waals surface area contributed by atoms with Crippen molar-refractivity contribution in [3.63, 3.8) is 0 Å². The number of hydrogen-bond donors (Lipinski definition) is 1. The number of aromatic nitrogens is 2. The number of nitrogens with zero attached hydrogens (tertiary/aromatic N) is 2. The molecule has 0 unspecified atom stereocenters. The molecule has 102 valence electrons. The van der Waals surface area contributed by atoms with Gasteiger partial charge in [0.05, 0.1) is 5.69 Å². The van der Waals surface area contributed by atoms with Crippen molar-refractivity contribution in [3.05, 3.63) is 53.0 Å². The van der Waals surface area contributed by atoms with Gasteiger partial charge in [0, 0.05) is 11.1 Å². The van der Waals surface area contributed by atoms with E-state index < -0.39 is 5.97 Å². The van der Waals surface area contributed by atoms with Gasteiger partial charge in [0.25, 0.3) is 0 Å². The molecule has 0 atom stereocenters. The standard InChI is InChI=1S/C15H14N2O3/c1-9-7-10(2)17(16-9)8-13-14(15(18)19)11-5-3-4-6-12(11)20-13/h3-7H,8H2,1-2H3,(H,18,19). The average Bonchev–Trinajstić information content (AvgIpc) is 2.89. The molecule has 2 aromatic heterocycles. The lowest BCUT2D eigenvalue weighted by Crippen LogP contribution is -2.07. The summed E-state index contributed by atoms with van der Waals surface area (Å²) in [5.74, 6) is -0.559. The number of aryl methyl sites for hydroxylation is 2. The van der Waals surface area contributed by atoms with E-state index in [2.05, 4.69) is 5.10 Å². The highest BCUT2D eigenvalue weighted by Crippen LogP contribution is 2.26. The minimum absolute atomic E-state index is 0.216. The van der Waals surface area contributed by atoms with Gasteiger partial charge in [-0.15, -0.1) is 0 Å². The fourth-order valence-electron chi connectivity index (χ4n) is 2.41. The van der Waals surface area contributed by atoms with Gasteiger partial charge in [0.2, 0.25) is 0 Å². The number of aromatic carboxylic acids is 1. The zero-order valence-electron chi connectivity index (χ0n) is 11.3. The SMILES string of the molecule is Cc1cc(C)n(Cc2oc3ccccc3c2C(=O)O)n1. The van der Waals surface area contributed by atoms with E-state index >= 15 is 0 Å². The summed E-state index contributed by atoms with van der Waals surface area (Å²) in [5, 5.41) is 14.4. The summed E-state index contributed by atoms with van der Waals surface area (Å²) in [7, 11) is 0. The topological polar surface area (TPSA) is 68.3 Å². The first-order valence-corrected chi connectivity index (χ1v) is 6.31. The predicted molar refractivity (Wildman–Crippen MR) is 74.0 cm³/mol. The van der Waals surface area contributed by atoms with Gasteiger partial charge in [0.15, 0.2) is 0 Å². The van der Waals surface area contributed by atoms with Gasteiger partial charge >= 0.3 is 5.97 Å². The summed E-state index contributed by atoms with van der Waals surface area (Å²) in [6.07, 6.45) is 0. The molecule has 0 saturated carbocycles. The highest BCUT2D eigenvalue weighted by molar-refractivity contribution is 6.03. The Morgan fingerprint density at radius 3 is 2.75 bits per heavy atom. The Morgan fingerprint density at radius 2 is 2.10 bits per heavy atom. The van der Waals surface area contributed by atoms with Crippen molar-refractivity contribution < 1.29 is 14.3 Å². The van der Waals surface area contributed by atoms with Crippen LogP contribution in [0.5, 0.6) is 0 Å². The molecule has 5 nitrogen and oxygen atoms in total. The van der Waals surface area contributed by atoms with Crippen LogP contribution < -0.4 is 0 Å². The third kappa shape index (κ3) is 1.97. The van der Waals surface area contributed by atoms with Gasteiger partial charge in [-0.05, 0) is 26.0 Å². The van der Waals surface area contributed by atoms with E-state index in [1.165, 1.54) is 0 Å². The molecule has 20 heavy (non-hydrogen) atoms. The van der Waals surface area contributed by atoms with Gasteiger partial charge in [0.1, 0.15) is 23.5 Å². The monoisotopic (exact) mass is 270 g/mol. The van der Waals surface area contributed by atoms with Gasteiger partial charge in [-0.2, -0.15) is 5.10 Å². The van der Waals surface area contributed by atoms with Crippen LogP contribution in [0, 0.1) is 13.8 Å². The minimum Gasteiger partial charge on any atom is -0.478 e. The van der Waals surface area contributed by atoms with E-state index in [4.69, 9.17) is 4.42 Å². The van der Waals surface area contributed by atoms with Crippen LogP contribution in [0.4, 0.5) is 0 Å². The van der Waals surface area contributed by atoms with Crippen LogP contribution in [0.3, 0.4) is 0 Å². The fraction of sp³-hybridized carbons (Fsp3) is 0.200. The molecule has 0 spiro atoms. The number of para-hydroxylation sites is 1. The Balaban J connectivity index is 2.13. The van der Waals surface area contributed by atoms with Crippen molar-refractivity contribution in [1.82, 2.24) is 9.78 Å². The van der Waals surface area contributed by atoms with Gasteiger partial charge in [-0.3, -0.25) is 4.68 Å². The lowest BCUT2D eigenvalue weighted by molar-refractivity contribution is 0.0696. The van der Waals surface area contributed by atoms with E-state index in [9.17, 15) is 9.90 Å². The number of hydrogen-bond acceptors (Lipinski definition) is 3. The van der Waals surface area contributed by atoms with Crippen molar-refractivity contribution in [1.29, 1.82) is 0 Å². The van der Waals surface area contributed by atoms with Crippen LogP contribution in [0.15, 0.2) is 34.7 Å². The molecule has 0 amide bonds. The number of furan rings is 1. The van der Waals surface area contributed by atoms with E-state index in [1.807, 2.05) is 26.0 Å². The van der Waals surface area contributed by atoms with Crippen molar-refractivity contribution >= 4 is 16.9 Å². The van der Waals surface area contributed by atoms with Crippen LogP contribution in [-0.2, 0) is 6.54 Å². The van der Waals surface area contributed by atoms with Crippen LogP contribution in [0.25, 0.3) is 11.0 Å². The highest BCUT2D eigenvalue weighted by atomic mass is 16.4. The van der Waals surface area contributed by atoms with E-state index in [0.717, 1.165) is 11.4 Å². The molecule has 0 fully saturated rings. The molecule has 0 aliphatic rings. The summed E-state index contributed by atoms with van der Waals surface area (Å²) in [6.45, 7) is 4.15. The lowest BCUT2D eigenvalue weighted by Gasteiger charge is -2.02.